The number of carbonyl (C=O) groups is 2. The fraction of sp³-hybridized carbons (Fsp3) is 0.526. The maximum atomic E-state index is 12.9. The van der Waals surface area contributed by atoms with Gasteiger partial charge in [0.2, 0.25) is 5.60 Å². The topological polar surface area (TPSA) is 88.0 Å². The first-order chi connectivity index (χ1) is 12.5. The zero-order chi connectivity index (χ0) is 18.6. The van der Waals surface area contributed by atoms with E-state index in [0.29, 0.717) is 10.7 Å². The van der Waals surface area contributed by atoms with E-state index < -0.39 is 18.0 Å². The Hall–Kier alpha value is -2.08. The van der Waals surface area contributed by atoms with Gasteiger partial charge in [-0.05, 0) is 30.5 Å². The molecule has 1 fully saturated rings. The molecule has 1 amide bonds. The second-order valence-corrected chi connectivity index (χ2v) is 7.48. The summed E-state index contributed by atoms with van der Waals surface area (Å²) >= 11 is 5.90. The Bertz CT molecular complexity index is 696. The molecule has 6 nitrogen and oxygen atoms in total. The van der Waals surface area contributed by atoms with E-state index in [1.807, 2.05) is 0 Å². The third kappa shape index (κ3) is 4.36. The molecular formula is C19H23ClN2O4. The largest absolute Gasteiger partial charge is 0.481 e. The maximum Gasteiger partial charge on any atom is 0.308 e. The van der Waals surface area contributed by atoms with Crippen molar-refractivity contribution in [3.05, 3.63) is 34.9 Å². The molecule has 1 heterocycles. The SMILES string of the molecule is O=C(O)C[C@]1(C(=O)NC2CCCCCC2)CC(c2ccc(Cl)cc2)=NO1. The molecule has 1 aliphatic heterocycles. The van der Waals surface area contributed by atoms with Gasteiger partial charge in [0, 0.05) is 17.5 Å². The second kappa shape index (κ2) is 8.08. The van der Waals surface area contributed by atoms with Crippen LogP contribution < -0.4 is 5.32 Å². The molecule has 140 valence electrons. The molecule has 0 bridgehead atoms. The summed E-state index contributed by atoms with van der Waals surface area (Å²) in [4.78, 5) is 29.7. The highest BCUT2D eigenvalue weighted by molar-refractivity contribution is 6.30. The van der Waals surface area contributed by atoms with Crippen LogP contribution in [0, 0.1) is 0 Å². The van der Waals surface area contributed by atoms with Gasteiger partial charge in [-0.1, -0.05) is 54.6 Å². The number of carbonyl (C=O) groups excluding carboxylic acids is 1. The zero-order valence-electron chi connectivity index (χ0n) is 14.5. The third-order valence-electron chi connectivity index (χ3n) is 5.00. The summed E-state index contributed by atoms with van der Waals surface area (Å²) in [7, 11) is 0. The number of amides is 1. The molecule has 1 saturated carbocycles. The van der Waals surface area contributed by atoms with Crippen LogP contribution in [-0.4, -0.2) is 34.3 Å². The lowest BCUT2D eigenvalue weighted by atomic mass is 9.89. The van der Waals surface area contributed by atoms with Gasteiger partial charge in [-0.2, -0.15) is 0 Å². The van der Waals surface area contributed by atoms with Crippen LogP contribution in [0.2, 0.25) is 5.02 Å². The summed E-state index contributed by atoms with van der Waals surface area (Å²) in [5.74, 6) is -1.48. The monoisotopic (exact) mass is 378 g/mol. The third-order valence-corrected chi connectivity index (χ3v) is 5.25. The van der Waals surface area contributed by atoms with Gasteiger partial charge in [0.1, 0.15) is 0 Å². The minimum absolute atomic E-state index is 0.0684. The Kier molecular flexibility index (Phi) is 5.81. The summed E-state index contributed by atoms with van der Waals surface area (Å²) in [5, 5.41) is 16.9. The number of aliphatic carboxylic acids is 1. The van der Waals surface area contributed by atoms with Crippen LogP contribution in [0.25, 0.3) is 0 Å². The second-order valence-electron chi connectivity index (χ2n) is 7.04. The normalized spacial score (nSPS) is 23.7. The van der Waals surface area contributed by atoms with Crippen molar-refractivity contribution in [3.63, 3.8) is 0 Å². The lowest BCUT2D eigenvalue weighted by Gasteiger charge is -2.26. The molecule has 2 aliphatic rings. The van der Waals surface area contributed by atoms with Gasteiger partial charge in [-0.25, -0.2) is 0 Å². The number of hydrogen-bond donors (Lipinski definition) is 2. The Morgan fingerprint density at radius 2 is 1.85 bits per heavy atom. The van der Waals surface area contributed by atoms with Gasteiger partial charge >= 0.3 is 5.97 Å². The van der Waals surface area contributed by atoms with Crippen LogP contribution in [-0.2, 0) is 14.4 Å². The zero-order valence-corrected chi connectivity index (χ0v) is 15.3. The molecule has 0 spiro atoms. The number of benzene rings is 1. The van der Waals surface area contributed by atoms with E-state index in [0.717, 1.165) is 31.2 Å². The molecule has 0 unspecified atom stereocenters. The first-order valence-electron chi connectivity index (χ1n) is 9.02. The van der Waals surface area contributed by atoms with E-state index in [1.54, 1.807) is 24.3 Å². The number of halogens is 1. The van der Waals surface area contributed by atoms with Gasteiger partial charge in [-0.3, -0.25) is 9.59 Å². The van der Waals surface area contributed by atoms with Gasteiger partial charge in [0.05, 0.1) is 12.1 Å². The highest BCUT2D eigenvalue weighted by Gasteiger charge is 2.49. The van der Waals surface area contributed by atoms with Crippen LogP contribution in [0.1, 0.15) is 56.9 Å². The van der Waals surface area contributed by atoms with Crippen LogP contribution in [0.4, 0.5) is 0 Å². The summed E-state index contributed by atoms with van der Waals surface area (Å²) in [6.45, 7) is 0. The fourth-order valence-corrected chi connectivity index (χ4v) is 3.68. The minimum atomic E-state index is -1.49. The number of carboxylic acid groups (broad SMARTS) is 1. The van der Waals surface area contributed by atoms with Crippen molar-refractivity contribution < 1.29 is 19.5 Å². The van der Waals surface area contributed by atoms with Crippen molar-refractivity contribution in [2.24, 2.45) is 5.16 Å². The van der Waals surface area contributed by atoms with E-state index in [4.69, 9.17) is 16.4 Å². The molecule has 3 rings (SSSR count). The Balaban J connectivity index is 1.74. The molecule has 1 aliphatic carbocycles. The Morgan fingerprint density at radius 1 is 1.19 bits per heavy atom. The van der Waals surface area contributed by atoms with Crippen molar-refractivity contribution in [3.8, 4) is 0 Å². The number of rotatable bonds is 5. The minimum Gasteiger partial charge on any atom is -0.481 e. The van der Waals surface area contributed by atoms with E-state index in [-0.39, 0.29) is 18.4 Å². The molecule has 0 radical (unpaired) electrons. The lowest BCUT2D eigenvalue weighted by Crippen LogP contribution is -2.51. The Labute approximate surface area is 157 Å². The summed E-state index contributed by atoms with van der Waals surface area (Å²) in [6, 6.07) is 7.08. The van der Waals surface area contributed by atoms with Crippen LogP contribution in [0.15, 0.2) is 29.4 Å². The van der Waals surface area contributed by atoms with Crippen molar-refractivity contribution in [2.75, 3.05) is 0 Å². The van der Waals surface area contributed by atoms with Crippen LogP contribution >= 0.6 is 11.6 Å². The average Bonchev–Trinajstić information content (AvgIpc) is 2.85. The first kappa shape index (κ1) is 18.7. The lowest BCUT2D eigenvalue weighted by molar-refractivity contribution is -0.156. The summed E-state index contributed by atoms with van der Waals surface area (Å²) in [5.41, 5.74) is -0.171. The highest BCUT2D eigenvalue weighted by atomic mass is 35.5. The molecular weight excluding hydrogens is 356 g/mol. The van der Waals surface area contributed by atoms with Gasteiger partial charge < -0.3 is 15.3 Å². The van der Waals surface area contributed by atoms with Crippen molar-refractivity contribution in [2.45, 2.75) is 63.0 Å². The number of oxime groups is 1. The highest BCUT2D eigenvalue weighted by Crippen LogP contribution is 2.31. The quantitative estimate of drug-likeness (QED) is 0.767. The summed E-state index contributed by atoms with van der Waals surface area (Å²) < 4.78 is 0. The van der Waals surface area contributed by atoms with Gasteiger partial charge in [0.15, 0.2) is 0 Å². The number of carboxylic acids is 1. The first-order valence-corrected chi connectivity index (χ1v) is 9.40. The maximum absolute atomic E-state index is 12.9. The van der Waals surface area contributed by atoms with Crippen molar-refractivity contribution in [1.82, 2.24) is 5.32 Å². The number of hydrogen-bond acceptors (Lipinski definition) is 4. The number of nitrogens with one attached hydrogen (secondary N) is 1. The van der Waals surface area contributed by atoms with Crippen LogP contribution in [0.3, 0.4) is 0 Å². The van der Waals surface area contributed by atoms with E-state index >= 15 is 0 Å². The van der Waals surface area contributed by atoms with Crippen LogP contribution in [0.5, 0.6) is 0 Å². The molecule has 0 aromatic heterocycles. The average molecular weight is 379 g/mol. The summed E-state index contributed by atoms with van der Waals surface area (Å²) in [6.07, 6.45) is 6.03. The van der Waals surface area contributed by atoms with Crippen molar-refractivity contribution >= 4 is 29.2 Å². The molecule has 0 saturated heterocycles. The molecule has 26 heavy (non-hydrogen) atoms. The predicted octanol–water partition coefficient (Wildman–Crippen LogP) is 3.52. The van der Waals surface area contributed by atoms with E-state index in [2.05, 4.69) is 10.5 Å². The molecule has 7 heteroatoms. The molecule has 1 atom stereocenters. The number of nitrogens with zero attached hydrogens (tertiary/aromatic N) is 1. The van der Waals surface area contributed by atoms with E-state index in [9.17, 15) is 14.7 Å². The smallest absolute Gasteiger partial charge is 0.308 e. The van der Waals surface area contributed by atoms with Crippen molar-refractivity contribution in [1.29, 1.82) is 0 Å². The van der Waals surface area contributed by atoms with Gasteiger partial charge in [0.25, 0.3) is 5.91 Å². The van der Waals surface area contributed by atoms with E-state index in [1.165, 1.54) is 12.8 Å². The van der Waals surface area contributed by atoms with Gasteiger partial charge in [-0.15, -0.1) is 0 Å². The fourth-order valence-electron chi connectivity index (χ4n) is 3.56. The molecule has 1 aromatic rings. The molecule has 2 N–H and O–H groups in total. The Morgan fingerprint density at radius 3 is 2.46 bits per heavy atom. The standard InChI is InChI=1S/C19H23ClN2O4/c20-14-9-7-13(8-10-14)16-11-19(26-22-16,12-17(23)24)18(25)21-15-5-3-1-2-4-6-15/h7-10,15H,1-6,11-12H2,(H,21,25)(H,23,24)/t19-/m0/s1. The molecule has 1 aromatic carbocycles. The predicted molar refractivity (Wildman–Crippen MR) is 98.3 cm³/mol.